The predicted octanol–water partition coefficient (Wildman–Crippen LogP) is 19.4. The van der Waals surface area contributed by atoms with Crippen LogP contribution in [-0.4, -0.2) is 138 Å². The SMILES string of the molecule is CC.CC.CC.CC.CC.Cc1ccc(S(=O)(=O)OCCCc2c[nH]c3ccccc23)cc1.ClCCCCCCl.Nc1ccc(N2CCCCC2=O)cc1.O=C1CCCCN1c1ccc(N2CCN(CCCc3c[nH]c4ccccc34)CC2)cc1.O=C1CCCCN1c1ccc(N2CCNCC2)cc1. The first-order chi connectivity index (χ1) is 50.9. The number of para-hydroxylation sites is 2. The van der Waals surface area contributed by atoms with E-state index in [1.54, 1.807) is 24.3 Å². The Labute approximate surface area is 635 Å². The summed E-state index contributed by atoms with van der Waals surface area (Å²) >= 11 is 10.8. The van der Waals surface area contributed by atoms with Gasteiger partial charge in [-0.25, -0.2) is 0 Å². The Hall–Kier alpha value is -7.38. The Morgan fingerprint density at radius 3 is 1.23 bits per heavy atom. The van der Waals surface area contributed by atoms with Gasteiger partial charge in [-0.3, -0.25) is 23.5 Å². The number of piperidine rings is 3. The van der Waals surface area contributed by atoms with Crippen LogP contribution in [0, 0.1) is 6.92 Å². The van der Waals surface area contributed by atoms with Gasteiger partial charge in [-0.05, 0) is 199 Å². The van der Waals surface area contributed by atoms with Crippen molar-refractivity contribution in [2.24, 2.45) is 0 Å². The number of aromatic nitrogens is 2. The second-order valence-corrected chi connectivity index (χ2v) is 27.0. The molecule has 5 aliphatic rings. The number of carbonyl (C=O) groups is 3. The average molecular weight is 1490 g/mol. The summed E-state index contributed by atoms with van der Waals surface area (Å²) in [5, 5.41) is 5.90. The van der Waals surface area contributed by atoms with Crippen LogP contribution in [0.4, 0.5) is 34.1 Å². The molecule has 19 heteroatoms. The minimum absolute atomic E-state index is 0.176. The molecule has 0 atom stereocenters. The molecular formula is C85H126Cl2N10O6S. The summed E-state index contributed by atoms with van der Waals surface area (Å²) in [5.41, 5.74) is 17.9. The molecular weight excluding hydrogens is 1360 g/mol. The maximum absolute atomic E-state index is 12.2. The zero-order chi connectivity index (χ0) is 75.9. The molecule has 0 radical (unpaired) electrons. The van der Waals surface area contributed by atoms with E-state index < -0.39 is 10.1 Å². The van der Waals surface area contributed by atoms with Crippen molar-refractivity contribution < 1.29 is 27.0 Å². The highest BCUT2D eigenvalue weighted by Gasteiger charge is 2.24. The fraction of sp³-hybridized carbons (Fsp3) is 0.494. The molecule has 7 heterocycles. The molecule has 5 aliphatic heterocycles. The van der Waals surface area contributed by atoms with E-state index in [-0.39, 0.29) is 29.2 Å². The highest BCUT2D eigenvalue weighted by Crippen LogP contribution is 2.29. The number of amides is 3. The molecule has 0 unspecified atom stereocenters. The Bertz CT molecular complexity index is 3700. The molecule has 2 aromatic heterocycles. The second kappa shape index (κ2) is 51.7. The molecule has 104 heavy (non-hydrogen) atoms. The normalized spacial score (nSPS) is 15.0. The Morgan fingerprint density at radius 2 is 0.817 bits per heavy atom. The lowest BCUT2D eigenvalue weighted by molar-refractivity contribution is -0.120. The monoisotopic (exact) mass is 1480 g/mol. The summed E-state index contributed by atoms with van der Waals surface area (Å²) in [5.74, 6) is 2.30. The van der Waals surface area contributed by atoms with Crippen LogP contribution in [-0.2, 0) is 41.5 Å². The van der Waals surface area contributed by atoms with Gasteiger partial charge in [0.05, 0.1) is 11.5 Å². The number of anilines is 6. The Morgan fingerprint density at radius 1 is 0.433 bits per heavy atom. The Balaban J connectivity index is 0.000000281. The topological polar surface area (TPSA) is 184 Å². The van der Waals surface area contributed by atoms with E-state index in [1.165, 1.54) is 51.6 Å². The van der Waals surface area contributed by atoms with Crippen molar-refractivity contribution >= 4 is 107 Å². The minimum atomic E-state index is -3.67. The van der Waals surface area contributed by atoms with Crippen LogP contribution >= 0.6 is 23.2 Å². The van der Waals surface area contributed by atoms with Crippen molar-refractivity contribution in [3.05, 3.63) is 175 Å². The zero-order valence-corrected chi connectivity index (χ0v) is 67.1. The zero-order valence-electron chi connectivity index (χ0n) is 64.8. The number of fused-ring (bicyclic) bond motifs is 2. The average Bonchev–Trinajstić information content (AvgIpc) is 1.73. The summed E-state index contributed by atoms with van der Waals surface area (Å²) in [4.78, 5) is 55.6. The van der Waals surface area contributed by atoms with Crippen LogP contribution in [0.15, 0.2) is 163 Å². The van der Waals surface area contributed by atoms with Crippen molar-refractivity contribution in [1.29, 1.82) is 0 Å². The molecule has 5 saturated heterocycles. The fourth-order valence-corrected chi connectivity index (χ4v) is 13.8. The molecule has 0 bridgehead atoms. The smallest absolute Gasteiger partial charge is 0.296 e. The number of benzene rings is 6. The minimum Gasteiger partial charge on any atom is -0.399 e. The summed E-state index contributed by atoms with van der Waals surface area (Å²) in [7, 11) is -3.67. The third kappa shape index (κ3) is 29.5. The van der Waals surface area contributed by atoms with Crippen molar-refractivity contribution in [1.82, 2.24) is 20.2 Å². The number of hydrogen-bond donors (Lipinski definition) is 4. The fourth-order valence-electron chi connectivity index (χ4n) is 12.5. The number of unbranched alkanes of at least 4 members (excludes halogenated alkanes) is 2. The van der Waals surface area contributed by atoms with E-state index in [0.29, 0.717) is 25.7 Å². The van der Waals surface area contributed by atoms with Gasteiger partial charge >= 0.3 is 0 Å². The molecule has 16 nitrogen and oxygen atoms in total. The van der Waals surface area contributed by atoms with Gasteiger partial charge in [0.15, 0.2) is 0 Å². The van der Waals surface area contributed by atoms with Gasteiger partial charge in [0, 0.05) is 171 Å². The largest absolute Gasteiger partial charge is 0.399 e. The van der Waals surface area contributed by atoms with Gasteiger partial charge in [0.2, 0.25) is 17.7 Å². The number of nitrogens with zero attached hydrogens (tertiary/aromatic N) is 6. The third-order valence-corrected chi connectivity index (χ3v) is 19.8. The molecule has 13 rings (SSSR count). The number of hydrogen-bond acceptors (Lipinski definition) is 11. The third-order valence-electron chi connectivity index (χ3n) is 17.9. The Kier molecular flexibility index (Phi) is 44.3. The number of rotatable bonds is 19. The number of nitrogens with one attached hydrogen (secondary N) is 3. The molecule has 0 aliphatic carbocycles. The number of nitrogen functional groups attached to an aromatic ring is 1. The number of H-pyrrole nitrogens is 2. The first-order valence-corrected chi connectivity index (χ1v) is 41.4. The van der Waals surface area contributed by atoms with Gasteiger partial charge in [-0.2, -0.15) is 8.42 Å². The van der Waals surface area contributed by atoms with Crippen LogP contribution in [0.1, 0.15) is 176 Å². The van der Waals surface area contributed by atoms with Crippen LogP contribution in [0.5, 0.6) is 0 Å². The lowest BCUT2D eigenvalue weighted by Gasteiger charge is -2.36. The van der Waals surface area contributed by atoms with E-state index in [1.807, 2.05) is 140 Å². The number of aryl methyl sites for hydroxylation is 3. The summed E-state index contributed by atoms with van der Waals surface area (Å²) < 4.78 is 29.3. The van der Waals surface area contributed by atoms with E-state index in [9.17, 15) is 22.8 Å². The summed E-state index contributed by atoms with van der Waals surface area (Å²) in [6, 6.07) is 47.8. The van der Waals surface area contributed by atoms with E-state index >= 15 is 0 Å². The van der Waals surface area contributed by atoms with Crippen molar-refractivity contribution in [3.8, 4) is 0 Å². The molecule has 5 N–H and O–H groups in total. The predicted molar refractivity (Wildman–Crippen MR) is 446 cm³/mol. The number of halogens is 2. The van der Waals surface area contributed by atoms with Gasteiger partial charge in [-0.15, -0.1) is 23.2 Å². The first-order valence-electron chi connectivity index (χ1n) is 38.9. The molecule has 3 amide bonds. The number of nitrogens with two attached hydrogens (primary N) is 1. The van der Waals surface area contributed by atoms with Gasteiger partial charge in [0.25, 0.3) is 10.1 Å². The highest BCUT2D eigenvalue weighted by atomic mass is 35.5. The van der Waals surface area contributed by atoms with Gasteiger partial charge in [-0.1, -0.05) is 130 Å². The molecule has 6 aromatic carbocycles. The maximum atomic E-state index is 12.2. The van der Waals surface area contributed by atoms with Crippen molar-refractivity contribution in [2.45, 2.75) is 184 Å². The lowest BCUT2D eigenvalue weighted by Crippen LogP contribution is -2.46. The van der Waals surface area contributed by atoms with Crippen LogP contribution < -0.4 is 35.6 Å². The van der Waals surface area contributed by atoms with Crippen molar-refractivity contribution in [2.75, 3.05) is 127 Å². The van der Waals surface area contributed by atoms with Crippen molar-refractivity contribution in [3.63, 3.8) is 0 Å². The van der Waals surface area contributed by atoms with Gasteiger partial charge < -0.3 is 45.5 Å². The standard InChI is InChI=1S/C26H32N4O.C18H19NO3S.C15H21N3O.C11H14N2O.C5H10Cl2.5C2H6/c31-26-9-3-4-15-30(26)23-12-10-22(11-13-23)29-18-16-28(17-19-29)14-5-6-21-20-27-25-8-2-1-7-24(21)25;1-14-8-10-16(11-9-14)23(20,21)22-12-4-5-15-13-19-18-7-3-2-6-17(15)18;19-15-3-1-2-10-18(15)14-6-4-13(5-7-14)17-11-8-16-9-12-17;12-9-4-6-10(7-5-9)13-8-2-1-3-11(13)14;6-4-2-1-3-5-7;5*1-2/h1-2,7-8,10-13,20,27H,3-6,9,14-19H2;2-3,6-11,13,19H,4-5,12H2,1H3;4-7,16H,1-3,8-12H2;4-7H,1-3,8,12H2;1-5H2;5*1-2H3. The maximum Gasteiger partial charge on any atom is 0.296 e. The lowest BCUT2D eigenvalue weighted by atomic mass is 10.1. The number of piperazine rings is 2. The molecule has 8 aromatic rings. The van der Waals surface area contributed by atoms with Crippen LogP contribution in [0.25, 0.3) is 21.8 Å². The first kappa shape index (κ1) is 89.0. The molecule has 572 valence electrons. The highest BCUT2D eigenvalue weighted by molar-refractivity contribution is 7.86. The summed E-state index contributed by atoms with van der Waals surface area (Å²) in [6.07, 6.45) is 19.7. The quantitative estimate of drug-likeness (QED) is 0.0261. The molecule has 0 spiro atoms. The number of aromatic amines is 2. The van der Waals surface area contributed by atoms with E-state index in [2.05, 4.69) is 115 Å². The second-order valence-electron chi connectivity index (χ2n) is 24.7. The van der Waals surface area contributed by atoms with Crippen LogP contribution in [0.3, 0.4) is 0 Å². The van der Waals surface area contributed by atoms with E-state index in [4.69, 9.17) is 33.1 Å². The summed E-state index contributed by atoms with van der Waals surface area (Å²) in [6.45, 7) is 34.4. The number of carbonyl (C=O) groups excluding carboxylic acids is 3. The molecule has 5 fully saturated rings. The van der Waals surface area contributed by atoms with E-state index in [0.717, 1.165) is 188 Å². The van der Waals surface area contributed by atoms with Gasteiger partial charge in [0.1, 0.15) is 0 Å². The molecule has 0 saturated carbocycles. The number of alkyl halides is 2. The van der Waals surface area contributed by atoms with Crippen LogP contribution in [0.2, 0.25) is 0 Å².